The molecule has 0 spiro atoms. The summed E-state index contributed by atoms with van der Waals surface area (Å²) in [6.45, 7) is 3.76. The van der Waals surface area contributed by atoms with E-state index in [9.17, 15) is 13.5 Å². The Kier molecular flexibility index (Phi) is 6.40. The zero-order valence-electron chi connectivity index (χ0n) is 12.4. The summed E-state index contributed by atoms with van der Waals surface area (Å²) in [6, 6.07) is 3.28. The maximum atomic E-state index is 12.4. The molecule has 0 saturated heterocycles. The number of hydrogen-bond donors (Lipinski definition) is 2. The summed E-state index contributed by atoms with van der Waals surface area (Å²) in [4.78, 5) is 1.94. The predicted octanol–water partition coefficient (Wildman–Crippen LogP) is 2.11. The lowest BCUT2D eigenvalue weighted by Crippen LogP contribution is -2.47. The summed E-state index contributed by atoms with van der Waals surface area (Å²) in [7, 11) is -0.0724. The van der Waals surface area contributed by atoms with Crippen LogP contribution in [0.2, 0.25) is 0 Å². The Morgan fingerprint density at radius 1 is 1.29 bits per heavy atom. The van der Waals surface area contributed by atoms with Crippen molar-refractivity contribution in [3.05, 3.63) is 26.6 Å². The van der Waals surface area contributed by atoms with Crippen molar-refractivity contribution < 1.29 is 13.5 Å². The summed E-state index contributed by atoms with van der Waals surface area (Å²) in [5.74, 6) is 0. The molecule has 0 fully saturated rings. The fourth-order valence-electron chi connectivity index (χ4n) is 1.90. The first kappa shape index (κ1) is 19.1. The van der Waals surface area contributed by atoms with Gasteiger partial charge in [0.2, 0.25) is 10.0 Å². The number of sulfonamides is 1. The van der Waals surface area contributed by atoms with Crippen LogP contribution in [0.1, 0.15) is 12.5 Å². The van der Waals surface area contributed by atoms with Gasteiger partial charge in [-0.2, -0.15) is 0 Å². The molecule has 0 aliphatic heterocycles. The van der Waals surface area contributed by atoms with Crippen LogP contribution in [0.4, 0.5) is 0 Å². The first-order valence-corrected chi connectivity index (χ1v) is 9.34. The molecule has 0 heterocycles. The highest BCUT2D eigenvalue weighted by atomic mass is 79.9. The van der Waals surface area contributed by atoms with Crippen molar-refractivity contribution in [3.63, 3.8) is 0 Å². The zero-order chi connectivity index (χ0) is 16.4. The molecule has 0 radical (unpaired) electrons. The summed E-state index contributed by atoms with van der Waals surface area (Å²) in [5, 5.41) is 10.2. The van der Waals surface area contributed by atoms with Crippen molar-refractivity contribution in [2.45, 2.75) is 24.3 Å². The molecule has 0 saturated carbocycles. The first-order chi connectivity index (χ1) is 9.44. The topological polar surface area (TPSA) is 69.6 Å². The molecule has 1 rings (SSSR count). The van der Waals surface area contributed by atoms with Gasteiger partial charge in [-0.3, -0.25) is 0 Å². The number of aliphatic hydroxyl groups is 1. The SMILES string of the molecule is Cc1cc(Br)c(S(=O)(=O)NCC(C)(O)CN(C)C)cc1Br. The monoisotopic (exact) mass is 442 g/mol. The van der Waals surface area contributed by atoms with Gasteiger partial charge in [0, 0.05) is 22.0 Å². The van der Waals surface area contributed by atoms with Crippen LogP contribution in [0.3, 0.4) is 0 Å². The second kappa shape index (κ2) is 7.06. The van der Waals surface area contributed by atoms with Gasteiger partial charge < -0.3 is 10.0 Å². The largest absolute Gasteiger partial charge is 0.387 e. The number of hydrogen-bond acceptors (Lipinski definition) is 4. The van der Waals surface area contributed by atoms with Crippen LogP contribution >= 0.6 is 31.9 Å². The quantitative estimate of drug-likeness (QED) is 0.706. The van der Waals surface area contributed by atoms with Crippen LogP contribution in [0.15, 0.2) is 26.0 Å². The average molecular weight is 444 g/mol. The number of rotatable bonds is 6. The standard InChI is InChI=1S/C13H20Br2N2O3S/c1-9-5-11(15)12(6-10(9)14)21(19,20)16-7-13(2,18)8-17(3)4/h5-6,16,18H,7-8H2,1-4H3. The molecule has 1 aromatic carbocycles. The number of benzene rings is 1. The van der Waals surface area contributed by atoms with E-state index in [2.05, 4.69) is 36.6 Å². The zero-order valence-corrected chi connectivity index (χ0v) is 16.4. The van der Waals surface area contributed by atoms with Gasteiger partial charge in [-0.05, 0) is 61.6 Å². The second-order valence-electron chi connectivity index (χ2n) is 5.59. The molecule has 21 heavy (non-hydrogen) atoms. The average Bonchev–Trinajstić information content (AvgIpc) is 2.30. The second-order valence-corrected chi connectivity index (χ2v) is 9.04. The highest BCUT2D eigenvalue weighted by Gasteiger charge is 2.26. The van der Waals surface area contributed by atoms with Crippen LogP contribution in [-0.2, 0) is 10.0 Å². The Bertz CT molecular complexity index is 616. The van der Waals surface area contributed by atoms with Crippen LogP contribution in [0.25, 0.3) is 0 Å². The van der Waals surface area contributed by atoms with Crippen molar-refractivity contribution in [3.8, 4) is 0 Å². The molecule has 0 amide bonds. The fourth-order valence-corrected chi connectivity index (χ4v) is 4.74. The van der Waals surface area contributed by atoms with Crippen molar-refractivity contribution in [2.24, 2.45) is 0 Å². The molecular formula is C13H20Br2N2O3S. The highest BCUT2D eigenvalue weighted by molar-refractivity contribution is 9.11. The molecule has 0 bridgehead atoms. The minimum Gasteiger partial charge on any atom is -0.387 e. The fraction of sp³-hybridized carbons (Fsp3) is 0.538. The summed E-state index contributed by atoms with van der Waals surface area (Å²) >= 11 is 6.59. The molecular weight excluding hydrogens is 424 g/mol. The maximum absolute atomic E-state index is 12.4. The molecule has 120 valence electrons. The van der Waals surface area contributed by atoms with Gasteiger partial charge in [0.05, 0.1) is 10.5 Å². The van der Waals surface area contributed by atoms with E-state index in [1.807, 2.05) is 21.0 Å². The Morgan fingerprint density at radius 3 is 2.38 bits per heavy atom. The Labute approximate surface area is 143 Å². The third-order valence-electron chi connectivity index (χ3n) is 2.80. The van der Waals surface area contributed by atoms with E-state index in [0.717, 1.165) is 5.56 Å². The lowest BCUT2D eigenvalue weighted by Gasteiger charge is -2.27. The summed E-state index contributed by atoms with van der Waals surface area (Å²) < 4.78 is 28.4. The van der Waals surface area contributed by atoms with Crippen molar-refractivity contribution >= 4 is 41.9 Å². The molecule has 1 atom stereocenters. The Hall–Kier alpha value is 0.01000. The van der Waals surface area contributed by atoms with Crippen molar-refractivity contribution in [1.29, 1.82) is 0 Å². The van der Waals surface area contributed by atoms with E-state index < -0.39 is 15.6 Å². The van der Waals surface area contributed by atoms with E-state index in [1.54, 1.807) is 24.0 Å². The Morgan fingerprint density at radius 2 is 1.86 bits per heavy atom. The van der Waals surface area contributed by atoms with Crippen molar-refractivity contribution in [2.75, 3.05) is 27.2 Å². The number of nitrogens with zero attached hydrogens (tertiary/aromatic N) is 1. The van der Waals surface area contributed by atoms with Gasteiger partial charge >= 0.3 is 0 Å². The number of nitrogens with one attached hydrogen (secondary N) is 1. The molecule has 5 nitrogen and oxygen atoms in total. The molecule has 0 aliphatic rings. The molecule has 1 aromatic rings. The van der Waals surface area contributed by atoms with Crippen LogP contribution in [-0.4, -0.2) is 51.2 Å². The normalized spacial score (nSPS) is 15.2. The van der Waals surface area contributed by atoms with Gasteiger partial charge in [-0.25, -0.2) is 13.1 Å². The lowest BCUT2D eigenvalue weighted by molar-refractivity contribution is 0.0386. The van der Waals surface area contributed by atoms with E-state index >= 15 is 0 Å². The van der Waals surface area contributed by atoms with Crippen molar-refractivity contribution in [1.82, 2.24) is 9.62 Å². The highest BCUT2D eigenvalue weighted by Crippen LogP contribution is 2.28. The molecule has 0 aromatic heterocycles. The Balaban J connectivity index is 2.95. The predicted molar refractivity (Wildman–Crippen MR) is 90.9 cm³/mol. The van der Waals surface area contributed by atoms with Gasteiger partial charge in [-0.1, -0.05) is 15.9 Å². The molecule has 1 unspecified atom stereocenters. The minimum atomic E-state index is -3.70. The third kappa shape index (κ3) is 5.61. The van der Waals surface area contributed by atoms with E-state index in [1.165, 1.54) is 0 Å². The van der Waals surface area contributed by atoms with Crippen LogP contribution in [0, 0.1) is 6.92 Å². The number of halogens is 2. The first-order valence-electron chi connectivity index (χ1n) is 6.27. The lowest BCUT2D eigenvalue weighted by atomic mass is 10.1. The molecule has 0 aliphatic carbocycles. The molecule has 8 heteroatoms. The maximum Gasteiger partial charge on any atom is 0.241 e. The molecule has 2 N–H and O–H groups in total. The number of aryl methyl sites for hydroxylation is 1. The van der Waals surface area contributed by atoms with E-state index in [4.69, 9.17) is 0 Å². The third-order valence-corrected chi connectivity index (χ3v) is 6.02. The van der Waals surface area contributed by atoms with Crippen LogP contribution in [0.5, 0.6) is 0 Å². The van der Waals surface area contributed by atoms with Gasteiger partial charge in [0.1, 0.15) is 0 Å². The van der Waals surface area contributed by atoms with E-state index in [-0.39, 0.29) is 11.4 Å². The summed E-state index contributed by atoms with van der Waals surface area (Å²) in [6.07, 6.45) is 0. The van der Waals surface area contributed by atoms with Crippen LogP contribution < -0.4 is 4.72 Å². The summed E-state index contributed by atoms with van der Waals surface area (Å²) in [5.41, 5.74) is -0.217. The van der Waals surface area contributed by atoms with E-state index in [0.29, 0.717) is 15.5 Å². The van der Waals surface area contributed by atoms with Gasteiger partial charge in [0.15, 0.2) is 0 Å². The minimum absolute atomic E-state index is 0.0640. The van der Waals surface area contributed by atoms with Gasteiger partial charge in [-0.15, -0.1) is 0 Å². The smallest absolute Gasteiger partial charge is 0.241 e. The van der Waals surface area contributed by atoms with Gasteiger partial charge in [0.25, 0.3) is 0 Å². The number of likely N-dealkylation sites (N-methyl/N-ethyl adjacent to an activating group) is 1.